The summed E-state index contributed by atoms with van der Waals surface area (Å²) in [6.07, 6.45) is 8.09. The molecule has 1 saturated carbocycles. The summed E-state index contributed by atoms with van der Waals surface area (Å²) in [5, 5.41) is 10.3. The zero-order valence-electron chi connectivity index (χ0n) is 12.2. The van der Waals surface area contributed by atoms with E-state index in [9.17, 15) is 5.11 Å². The third-order valence-electron chi connectivity index (χ3n) is 4.19. The van der Waals surface area contributed by atoms with Crippen LogP contribution in [0.3, 0.4) is 0 Å². The average molecular weight is 274 g/mol. The first-order valence-electron chi connectivity index (χ1n) is 7.75. The van der Waals surface area contributed by atoms with E-state index in [0.29, 0.717) is 18.9 Å². The molecular weight excluding hydrogens is 248 g/mol. The first kappa shape index (κ1) is 15.3. The Morgan fingerprint density at radius 3 is 2.55 bits per heavy atom. The van der Waals surface area contributed by atoms with Gasteiger partial charge in [0.2, 0.25) is 0 Å². The lowest BCUT2D eigenvalue weighted by Gasteiger charge is -2.33. The molecule has 2 atom stereocenters. The van der Waals surface area contributed by atoms with Gasteiger partial charge in [-0.1, -0.05) is 55.7 Å². The molecule has 0 heterocycles. The molecule has 1 aromatic carbocycles. The first-order chi connectivity index (χ1) is 9.81. The van der Waals surface area contributed by atoms with Gasteiger partial charge in [-0.05, 0) is 30.7 Å². The van der Waals surface area contributed by atoms with Crippen molar-refractivity contribution in [3.63, 3.8) is 0 Å². The number of rotatable bonds is 7. The van der Waals surface area contributed by atoms with E-state index in [1.165, 1.54) is 37.7 Å². The zero-order valence-corrected chi connectivity index (χ0v) is 12.2. The molecule has 1 aromatic rings. The molecule has 0 bridgehead atoms. The molecule has 0 saturated heterocycles. The molecule has 110 valence electrons. The van der Waals surface area contributed by atoms with Gasteiger partial charge in [-0.3, -0.25) is 0 Å². The predicted octanol–water partition coefficient (Wildman–Crippen LogP) is 4.09. The summed E-state index contributed by atoms with van der Waals surface area (Å²) in [6.45, 7) is 4.31. The second-order valence-corrected chi connectivity index (χ2v) is 5.75. The molecule has 0 aliphatic heterocycles. The quantitative estimate of drug-likeness (QED) is 0.759. The van der Waals surface area contributed by atoms with Crippen LogP contribution in [0.15, 0.2) is 43.0 Å². The highest BCUT2D eigenvalue weighted by Crippen LogP contribution is 2.30. The Labute approximate surface area is 122 Å². The zero-order chi connectivity index (χ0) is 14.2. The lowest BCUT2D eigenvalue weighted by molar-refractivity contribution is -0.0824. The van der Waals surface area contributed by atoms with Gasteiger partial charge in [-0.25, -0.2) is 0 Å². The highest BCUT2D eigenvalue weighted by molar-refractivity contribution is 5.13. The van der Waals surface area contributed by atoms with E-state index in [1.54, 1.807) is 6.08 Å². The smallest absolute Gasteiger partial charge is 0.0869 e. The van der Waals surface area contributed by atoms with Gasteiger partial charge in [0, 0.05) is 0 Å². The van der Waals surface area contributed by atoms with Crippen LogP contribution in [0.2, 0.25) is 0 Å². The van der Waals surface area contributed by atoms with Crippen molar-refractivity contribution in [2.45, 2.75) is 57.3 Å². The Bertz CT molecular complexity index is 382. The Balaban J connectivity index is 1.96. The van der Waals surface area contributed by atoms with Gasteiger partial charge in [0.25, 0.3) is 0 Å². The number of aliphatic hydroxyl groups is 1. The number of hydrogen-bond donors (Lipinski definition) is 1. The van der Waals surface area contributed by atoms with E-state index >= 15 is 0 Å². The number of benzene rings is 1. The maximum atomic E-state index is 10.3. The van der Waals surface area contributed by atoms with Crippen LogP contribution in [0, 0.1) is 5.92 Å². The van der Waals surface area contributed by atoms with Crippen LogP contribution in [0.25, 0.3) is 0 Å². The van der Waals surface area contributed by atoms with Crippen molar-refractivity contribution < 1.29 is 9.84 Å². The van der Waals surface area contributed by atoms with Crippen LogP contribution in [-0.4, -0.2) is 17.3 Å². The van der Waals surface area contributed by atoms with Gasteiger partial charge in [-0.2, -0.15) is 0 Å². The van der Waals surface area contributed by atoms with Crippen molar-refractivity contribution in [2.24, 2.45) is 5.92 Å². The fourth-order valence-corrected chi connectivity index (χ4v) is 3.10. The monoisotopic (exact) mass is 274 g/mol. The lowest BCUT2D eigenvalue weighted by atomic mass is 9.82. The predicted molar refractivity (Wildman–Crippen MR) is 82.4 cm³/mol. The van der Waals surface area contributed by atoms with E-state index in [0.717, 1.165) is 0 Å². The van der Waals surface area contributed by atoms with Gasteiger partial charge in [0.05, 0.1) is 18.8 Å². The molecule has 0 radical (unpaired) electrons. The van der Waals surface area contributed by atoms with Crippen LogP contribution in [0.5, 0.6) is 0 Å². The molecule has 2 heteroatoms. The molecule has 1 aliphatic rings. The summed E-state index contributed by atoms with van der Waals surface area (Å²) in [4.78, 5) is 0. The van der Waals surface area contributed by atoms with Gasteiger partial charge in [-0.15, -0.1) is 6.58 Å². The fraction of sp³-hybridized carbons (Fsp3) is 0.556. The van der Waals surface area contributed by atoms with Crippen molar-refractivity contribution >= 4 is 0 Å². The van der Waals surface area contributed by atoms with Crippen LogP contribution >= 0.6 is 0 Å². The van der Waals surface area contributed by atoms with Crippen molar-refractivity contribution in [2.75, 3.05) is 0 Å². The third kappa shape index (κ3) is 4.46. The van der Waals surface area contributed by atoms with Crippen LogP contribution < -0.4 is 0 Å². The average Bonchev–Trinajstić information content (AvgIpc) is 2.50. The summed E-state index contributed by atoms with van der Waals surface area (Å²) < 4.78 is 6.08. The van der Waals surface area contributed by atoms with E-state index in [4.69, 9.17) is 4.74 Å². The standard InChI is InChI=1S/C18H26O2/c1-2-9-17(19)18(16-12-7-4-8-13-16)20-14-15-10-5-3-6-11-15/h2-3,5-6,10-11,16-19H,1,4,7-9,12-14H2/t17-,18-/m0/s1. The Hall–Kier alpha value is -1.12. The summed E-state index contributed by atoms with van der Waals surface area (Å²) >= 11 is 0. The largest absolute Gasteiger partial charge is 0.390 e. The molecule has 1 N–H and O–H groups in total. The minimum Gasteiger partial charge on any atom is -0.390 e. The van der Waals surface area contributed by atoms with Crippen molar-refractivity contribution in [1.29, 1.82) is 0 Å². The van der Waals surface area contributed by atoms with Crippen LogP contribution in [-0.2, 0) is 11.3 Å². The van der Waals surface area contributed by atoms with E-state index in [1.807, 2.05) is 18.2 Å². The minimum absolute atomic E-state index is 0.0616. The molecular formula is C18H26O2. The fourth-order valence-electron chi connectivity index (χ4n) is 3.10. The molecule has 0 spiro atoms. The normalized spacial score (nSPS) is 19.4. The van der Waals surface area contributed by atoms with E-state index < -0.39 is 6.10 Å². The highest BCUT2D eigenvalue weighted by Gasteiger charge is 2.29. The Kier molecular flexibility index (Phi) is 6.28. The Morgan fingerprint density at radius 1 is 1.20 bits per heavy atom. The SMILES string of the molecule is C=CC[C@H](O)[C@@H](OCc1ccccc1)C1CCCCC1. The summed E-state index contributed by atoms with van der Waals surface area (Å²) in [7, 11) is 0. The second-order valence-electron chi connectivity index (χ2n) is 5.75. The maximum Gasteiger partial charge on any atom is 0.0869 e. The maximum absolute atomic E-state index is 10.3. The third-order valence-corrected chi connectivity index (χ3v) is 4.19. The van der Waals surface area contributed by atoms with Crippen molar-refractivity contribution in [3.8, 4) is 0 Å². The molecule has 0 aromatic heterocycles. The molecule has 0 unspecified atom stereocenters. The summed E-state index contributed by atoms with van der Waals surface area (Å²) in [5.41, 5.74) is 1.17. The topological polar surface area (TPSA) is 29.5 Å². The molecule has 0 amide bonds. The lowest BCUT2D eigenvalue weighted by Crippen LogP contribution is -2.37. The second kappa shape index (κ2) is 8.23. The van der Waals surface area contributed by atoms with Gasteiger partial charge in [0.15, 0.2) is 0 Å². The first-order valence-corrected chi connectivity index (χ1v) is 7.75. The minimum atomic E-state index is -0.431. The van der Waals surface area contributed by atoms with E-state index in [2.05, 4.69) is 18.7 Å². The van der Waals surface area contributed by atoms with Gasteiger partial charge in [0.1, 0.15) is 0 Å². The summed E-state index contributed by atoms with van der Waals surface area (Å²) in [5.74, 6) is 0.488. The van der Waals surface area contributed by atoms with Crippen LogP contribution in [0.1, 0.15) is 44.1 Å². The molecule has 1 fully saturated rings. The van der Waals surface area contributed by atoms with E-state index in [-0.39, 0.29) is 6.10 Å². The number of aliphatic hydroxyl groups excluding tert-OH is 1. The highest BCUT2D eigenvalue weighted by atomic mass is 16.5. The van der Waals surface area contributed by atoms with Gasteiger partial charge < -0.3 is 9.84 Å². The van der Waals surface area contributed by atoms with Crippen LogP contribution in [0.4, 0.5) is 0 Å². The number of ether oxygens (including phenoxy) is 1. The molecule has 2 nitrogen and oxygen atoms in total. The van der Waals surface area contributed by atoms with Crippen molar-refractivity contribution in [1.82, 2.24) is 0 Å². The molecule has 2 rings (SSSR count). The van der Waals surface area contributed by atoms with Crippen molar-refractivity contribution in [3.05, 3.63) is 48.6 Å². The summed E-state index contributed by atoms with van der Waals surface area (Å²) in [6, 6.07) is 10.2. The number of hydrogen-bond acceptors (Lipinski definition) is 2. The molecule has 20 heavy (non-hydrogen) atoms. The van der Waals surface area contributed by atoms with Gasteiger partial charge >= 0.3 is 0 Å². The Morgan fingerprint density at radius 2 is 1.90 bits per heavy atom. The molecule has 1 aliphatic carbocycles.